The van der Waals surface area contributed by atoms with E-state index in [-0.39, 0.29) is 0 Å². The molecule has 1 aromatic rings. The summed E-state index contributed by atoms with van der Waals surface area (Å²) in [6, 6.07) is 6.38. The van der Waals surface area contributed by atoms with Crippen LogP contribution in [0.4, 0.5) is 0 Å². The van der Waals surface area contributed by atoms with Crippen molar-refractivity contribution in [3.05, 3.63) is 29.3 Å². The molecule has 0 atom stereocenters. The average Bonchev–Trinajstić information content (AvgIpc) is 2.37. The molecule has 4 aliphatic rings. The number of hydrogen-bond donors (Lipinski definition) is 1. The first kappa shape index (κ1) is 12.7. The predicted molar refractivity (Wildman–Crippen MR) is 82.0 cm³/mol. The number of phenolic OH excluding ortho intramolecular Hbond substituents is 1. The lowest BCUT2D eigenvalue weighted by Crippen LogP contribution is -2.48. The van der Waals surface area contributed by atoms with Crippen molar-refractivity contribution in [3.63, 3.8) is 0 Å². The maximum absolute atomic E-state index is 10.5. The van der Waals surface area contributed by atoms with Gasteiger partial charge in [-0.2, -0.15) is 0 Å². The van der Waals surface area contributed by atoms with E-state index in [1.165, 1.54) is 49.7 Å². The van der Waals surface area contributed by atoms with Crippen molar-refractivity contribution in [2.24, 2.45) is 17.8 Å². The molecule has 4 fully saturated rings. The second kappa shape index (κ2) is 4.26. The van der Waals surface area contributed by atoms with Crippen LogP contribution in [0.25, 0.3) is 0 Å². The molecule has 4 aliphatic carbocycles. The van der Waals surface area contributed by atoms with E-state index in [0.29, 0.717) is 17.1 Å². The number of benzene rings is 1. The number of aromatic hydroxyl groups is 1. The number of phenols is 1. The molecule has 108 valence electrons. The Hall–Kier alpha value is -0.980. The van der Waals surface area contributed by atoms with Crippen LogP contribution in [0.2, 0.25) is 0 Å². The van der Waals surface area contributed by atoms with E-state index in [1.54, 1.807) is 0 Å². The average molecular weight is 270 g/mol. The van der Waals surface area contributed by atoms with Gasteiger partial charge < -0.3 is 5.11 Å². The van der Waals surface area contributed by atoms with Crippen LogP contribution in [0.15, 0.2) is 18.2 Å². The van der Waals surface area contributed by atoms with Gasteiger partial charge in [0.2, 0.25) is 0 Å². The molecule has 0 radical (unpaired) electrons. The third-order valence-corrected chi connectivity index (χ3v) is 6.30. The molecule has 1 aromatic carbocycles. The van der Waals surface area contributed by atoms with E-state index in [9.17, 15) is 5.11 Å². The van der Waals surface area contributed by atoms with Crippen LogP contribution in [-0.2, 0) is 5.41 Å². The van der Waals surface area contributed by atoms with Crippen molar-refractivity contribution in [2.45, 2.75) is 63.7 Å². The van der Waals surface area contributed by atoms with Crippen molar-refractivity contribution in [3.8, 4) is 5.75 Å². The molecular weight excluding hydrogens is 244 g/mol. The van der Waals surface area contributed by atoms with Gasteiger partial charge in [0.15, 0.2) is 0 Å². The van der Waals surface area contributed by atoms with Crippen LogP contribution < -0.4 is 0 Å². The van der Waals surface area contributed by atoms with Gasteiger partial charge in [-0.3, -0.25) is 0 Å². The van der Waals surface area contributed by atoms with Crippen LogP contribution in [0.5, 0.6) is 5.75 Å². The Morgan fingerprint density at radius 1 is 1.00 bits per heavy atom. The zero-order valence-electron chi connectivity index (χ0n) is 12.7. The van der Waals surface area contributed by atoms with Gasteiger partial charge in [-0.1, -0.05) is 26.0 Å². The van der Waals surface area contributed by atoms with Crippen molar-refractivity contribution in [1.29, 1.82) is 0 Å². The van der Waals surface area contributed by atoms with Crippen LogP contribution in [0.1, 0.15) is 69.4 Å². The van der Waals surface area contributed by atoms with Crippen molar-refractivity contribution in [2.75, 3.05) is 0 Å². The van der Waals surface area contributed by atoms with E-state index in [0.717, 1.165) is 17.8 Å². The fourth-order valence-corrected chi connectivity index (χ4v) is 5.78. The molecule has 0 saturated heterocycles. The lowest BCUT2D eigenvalue weighted by Gasteiger charge is -2.57. The first-order valence-electron chi connectivity index (χ1n) is 8.39. The van der Waals surface area contributed by atoms with Gasteiger partial charge in [-0.25, -0.2) is 0 Å². The van der Waals surface area contributed by atoms with Crippen molar-refractivity contribution < 1.29 is 5.11 Å². The molecule has 4 bridgehead atoms. The third kappa shape index (κ3) is 1.82. The van der Waals surface area contributed by atoms with Gasteiger partial charge in [0.25, 0.3) is 0 Å². The Balaban J connectivity index is 1.78. The van der Waals surface area contributed by atoms with Gasteiger partial charge >= 0.3 is 0 Å². The van der Waals surface area contributed by atoms with Crippen LogP contribution in [0.3, 0.4) is 0 Å². The highest BCUT2D eigenvalue weighted by atomic mass is 16.3. The summed E-state index contributed by atoms with van der Waals surface area (Å²) < 4.78 is 0. The van der Waals surface area contributed by atoms with Gasteiger partial charge in [0.05, 0.1) is 0 Å². The Labute approximate surface area is 122 Å². The Bertz CT molecular complexity index is 493. The summed E-state index contributed by atoms with van der Waals surface area (Å²) in [4.78, 5) is 0. The number of rotatable bonds is 2. The third-order valence-electron chi connectivity index (χ3n) is 6.30. The Morgan fingerprint density at radius 2 is 1.55 bits per heavy atom. The Kier molecular flexibility index (Phi) is 2.71. The molecule has 0 spiro atoms. The topological polar surface area (TPSA) is 20.2 Å². The smallest absolute Gasteiger partial charge is 0.119 e. The van der Waals surface area contributed by atoms with Crippen LogP contribution in [0, 0.1) is 17.8 Å². The standard InChI is InChI=1S/C19H26O/c1-12(2)16-3-4-18(20)17(8-16)19-9-13-5-14(10-19)7-15(6-13)11-19/h3-4,8,12-15,20H,5-7,9-11H2,1-2H3. The summed E-state index contributed by atoms with van der Waals surface area (Å²) in [7, 11) is 0. The van der Waals surface area contributed by atoms with Crippen LogP contribution >= 0.6 is 0 Å². The van der Waals surface area contributed by atoms with Gasteiger partial charge in [-0.15, -0.1) is 0 Å². The molecule has 1 N–H and O–H groups in total. The predicted octanol–water partition coefficient (Wildman–Crippen LogP) is 4.98. The minimum Gasteiger partial charge on any atom is -0.508 e. The summed E-state index contributed by atoms with van der Waals surface area (Å²) in [5.74, 6) is 3.90. The zero-order valence-corrected chi connectivity index (χ0v) is 12.7. The summed E-state index contributed by atoms with van der Waals surface area (Å²) in [5.41, 5.74) is 2.97. The second-order valence-electron chi connectivity index (χ2n) is 8.13. The van der Waals surface area contributed by atoms with Crippen molar-refractivity contribution >= 4 is 0 Å². The molecule has 0 heterocycles. The molecule has 1 heteroatoms. The monoisotopic (exact) mass is 270 g/mol. The highest BCUT2D eigenvalue weighted by molar-refractivity contribution is 5.44. The molecule has 0 amide bonds. The highest BCUT2D eigenvalue weighted by Gasteiger charge is 2.52. The molecule has 0 aromatic heterocycles. The molecule has 0 aliphatic heterocycles. The minimum atomic E-state index is 0.309. The summed E-state index contributed by atoms with van der Waals surface area (Å²) in [6.45, 7) is 4.49. The van der Waals surface area contributed by atoms with E-state index in [4.69, 9.17) is 0 Å². The SMILES string of the molecule is CC(C)c1ccc(O)c(C23CC4CC(CC(C4)C2)C3)c1. The normalized spacial score (nSPS) is 38.6. The molecule has 4 saturated carbocycles. The highest BCUT2D eigenvalue weighted by Crippen LogP contribution is 2.61. The number of hydrogen-bond acceptors (Lipinski definition) is 1. The van der Waals surface area contributed by atoms with E-state index in [1.807, 2.05) is 6.07 Å². The van der Waals surface area contributed by atoms with Crippen molar-refractivity contribution in [1.82, 2.24) is 0 Å². The summed E-state index contributed by atoms with van der Waals surface area (Å²) in [6.07, 6.45) is 8.37. The molecule has 5 rings (SSSR count). The van der Waals surface area contributed by atoms with Gasteiger partial charge in [0, 0.05) is 5.56 Å². The first-order chi connectivity index (χ1) is 9.56. The molecule has 20 heavy (non-hydrogen) atoms. The van der Waals surface area contributed by atoms with Crippen LogP contribution in [-0.4, -0.2) is 5.11 Å². The van der Waals surface area contributed by atoms with Gasteiger partial charge in [-0.05, 0) is 79.2 Å². The molecular formula is C19H26O. The van der Waals surface area contributed by atoms with E-state index in [2.05, 4.69) is 26.0 Å². The second-order valence-corrected chi connectivity index (χ2v) is 8.13. The van der Waals surface area contributed by atoms with Gasteiger partial charge in [0.1, 0.15) is 5.75 Å². The quantitative estimate of drug-likeness (QED) is 0.803. The largest absolute Gasteiger partial charge is 0.508 e. The maximum Gasteiger partial charge on any atom is 0.119 e. The Morgan fingerprint density at radius 3 is 2.05 bits per heavy atom. The molecule has 1 nitrogen and oxygen atoms in total. The lowest BCUT2D eigenvalue weighted by atomic mass is 9.48. The van der Waals surface area contributed by atoms with E-state index < -0.39 is 0 Å². The lowest BCUT2D eigenvalue weighted by molar-refractivity contribution is -0.00617. The maximum atomic E-state index is 10.5. The minimum absolute atomic E-state index is 0.309. The fraction of sp³-hybridized carbons (Fsp3) is 0.684. The zero-order chi connectivity index (χ0) is 13.9. The summed E-state index contributed by atoms with van der Waals surface area (Å²) in [5, 5.41) is 10.5. The summed E-state index contributed by atoms with van der Waals surface area (Å²) >= 11 is 0. The molecule has 0 unspecified atom stereocenters. The first-order valence-corrected chi connectivity index (χ1v) is 8.39. The van der Waals surface area contributed by atoms with E-state index >= 15 is 0 Å². The fourth-order valence-electron chi connectivity index (χ4n) is 5.78.